The van der Waals surface area contributed by atoms with E-state index in [1.807, 2.05) is 0 Å². The zero-order valence-corrected chi connectivity index (χ0v) is 6.17. The van der Waals surface area contributed by atoms with E-state index in [0.717, 1.165) is 12.8 Å². The van der Waals surface area contributed by atoms with Crippen LogP contribution in [0.2, 0.25) is 0 Å². The van der Waals surface area contributed by atoms with Crippen molar-refractivity contribution in [1.82, 2.24) is 0 Å². The van der Waals surface area contributed by atoms with Crippen molar-refractivity contribution in [2.24, 2.45) is 11.3 Å². The summed E-state index contributed by atoms with van der Waals surface area (Å²) in [5.74, 6) is -0.708. The molecule has 0 heterocycles. The van der Waals surface area contributed by atoms with Crippen LogP contribution in [0.5, 0.6) is 0 Å². The van der Waals surface area contributed by atoms with Gasteiger partial charge in [0.25, 0.3) is 0 Å². The van der Waals surface area contributed by atoms with E-state index in [9.17, 15) is 9.59 Å². The van der Waals surface area contributed by atoms with Crippen LogP contribution >= 0.6 is 0 Å². The Bertz CT molecular complexity index is 223. The minimum absolute atomic E-state index is 0.0943. The second-order valence-corrected chi connectivity index (χ2v) is 3.68. The fourth-order valence-corrected chi connectivity index (χ4v) is 2.24. The predicted octanol–water partition coefficient (Wildman–Crippen LogP) is 0.830. The molecule has 2 aliphatic rings. The molecule has 2 aliphatic carbocycles. The molecule has 1 N–H and O–H groups in total. The van der Waals surface area contributed by atoms with E-state index < -0.39 is 5.97 Å². The van der Waals surface area contributed by atoms with E-state index in [2.05, 4.69) is 0 Å². The van der Waals surface area contributed by atoms with Crippen LogP contribution in [0.4, 0.5) is 0 Å². The van der Waals surface area contributed by atoms with Gasteiger partial charge in [-0.15, -0.1) is 0 Å². The van der Waals surface area contributed by atoms with Crippen molar-refractivity contribution >= 4 is 11.8 Å². The molecule has 0 amide bonds. The number of carbonyl (C=O) groups is 2. The fraction of sp³-hybridized carbons (Fsp3) is 0.750. The largest absolute Gasteiger partial charge is 0.481 e. The van der Waals surface area contributed by atoms with E-state index in [1.54, 1.807) is 0 Å². The van der Waals surface area contributed by atoms with Gasteiger partial charge in [0.2, 0.25) is 0 Å². The van der Waals surface area contributed by atoms with E-state index in [4.69, 9.17) is 5.11 Å². The van der Waals surface area contributed by atoms with Crippen LogP contribution < -0.4 is 0 Å². The fourth-order valence-electron chi connectivity index (χ4n) is 2.24. The van der Waals surface area contributed by atoms with Crippen molar-refractivity contribution in [3.63, 3.8) is 0 Å². The summed E-state index contributed by atoms with van der Waals surface area (Å²) in [4.78, 5) is 21.3. The Hall–Kier alpha value is -0.860. The quantitative estimate of drug-likeness (QED) is 0.608. The number of aliphatic carboxylic acids is 1. The molecule has 1 unspecified atom stereocenters. The number of hydrogen-bond acceptors (Lipinski definition) is 2. The first-order valence-electron chi connectivity index (χ1n) is 3.89. The van der Waals surface area contributed by atoms with E-state index in [-0.39, 0.29) is 17.1 Å². The standard InChI is InChI=1S/C8H10O3/c9-5-3-8(4-5)2-1-6(8)7(10)11/h6H,1-4H2,(H,10,11). The Morgan fingerprint density at radius 2 is 2.18 bits per heavy atom. The van der Waals surface area contributed by atoms with Crippen molar-refractivity contribution in [3.8, 4) is 0 Å². The normalized spacial score (nSPS) is 32.7. The number of carboxylic acids is 1. The highest BCUT2D eigenvalue weighted by atomic mass is 16.4. The van der Waals surface area contributed by atoms with Crippen LogP contribution in [-0.2, 0) is 9.59 Å². The van der Waals surface area contributed by atoms with E-state index >= 15 is 0 Å². The Morgan fingerprint density at radius 1 is 1.55 bits per heavy atom. The highest BCUT2D eigenvalue weighted by Crippen LogP contribution is 2.58. The molecule has 0 aliphatic heterocycles. The number of hydrogen-bond donors (Lipinski definition) is 1. The maximum atomic E-state index is 10.7. The van der Waals surface area contributed by atoms with Crippen LogP contribution in [0.25, 0.3) is 0 Å². The lowest BCUT2D eigenvalue weighted by Gasteiger charge is -2.52. The summed E-state index contributed by atoms with van der Waals surface area (Å²) in [5.41, 5.74) is -0.0943. The Morgan fingerprint density at radius 3 is 2.45 bits per heavy atom. The average molecular weight is 154 g/mol. The maximum absolute atomic E-state index is 10.7. The topological polar surface area (TPSA) is 54.4 Å². The van der Waals surface area contributed by atoms with Gasteiger partial charge in [0.05, 0.1) is 5.92 Å². The molecular weight excluding hydrogens is 144 g/mol. The molecule has 0 bridgehead atoms. The molecule has 11 heavy (non-hydrogen) atoms. The van der Waals surface area contributed by atoms with Crippen LogP contribution in [0.15, 0.2) is 0 Å². The van der Waals surface area contributed by atoms with Crippen LogP contribution in [-0.4, -0.2) is 16.9 Å². The monoisotopic (exact) mass is 154 g/mol. The molecule has 2 saturated carbocycles. The zero-order chi connectivity index (χ0) is 8.06. The van der Waals surface area contributed by atoms with Gasteiger partial charge in [-0.1, -0.05) is 0 Å². The summed E-state index contributed by atoms with van der Waals surface area (Å²) >= 11 is 0. The third-order valence-electron chi connectivity index (χ3n) is 3.07. The first-order valence-corrected chi connectivity index (χ1v) is 3.89. The summed E-state index contributed by atoms with van der Waals surface area (Å²) in [6, 6.07) is 0. The van der Waals surface area contributed by atoms with Gasteiger partial charge in [0, 0.05) is 12.8 Å². The smallest absolute Gasteiger partial charge is 0.307 e. The third-order valence-corrected chi connectivity index (χ3v) is 3.07. The molecule has 0 aromatic carbocycles. The summed E-state index contributed by atoms with van der Waals surface area (Å²) in [7, 11) is 0. The molecule has 3 heteroatoms. The zero-order valence-electron chi connectivity index (χ0n) is 6.17. The Balaban J connectivity index is 2.07. The molecule has 0 aromatic heterocycles. The molecule has 0 saturated heterocycles. The first-order chi connectivity index (χ1) is 5.14. The second-order valence-electron chi connectivity index (χ2n) is 3.68. The molecule has 1 atom stereocenters. The first kappa shape index (κ1) is 6.83. The molecule has 3 nitrogen and oxygen atoms in total. The number of carbonyl (C=O) groups excluding carboxylic acids is 1. The maximum Gasteiger partial charge on any atom is 0.307 e. The van der Waals surface area contributed by atoms with Gasteiger partial charge in [0.1, 0.15) is 5.78 Å². The second kappa shape index (κ2) is 1.84. The third kappa shape index (κ3) is 0.737. The van der Waals surface area contributed by atoms with E-state index in [1.165, 1.54) is 0 Å². The van der Waals surface area contributed by atoms with Crippen LogP contribution in [0.1, 0.15) is 25.7 Å². The summed E-state index contributed by atoms with van der Waals surface area (Å²) < 4.78 is 0. The summed E-state index contributed by atoms with van der Waals surface area (Å²) in [6.07, 6.45) is 2.74. The lowest BCUT2D eigenvalue weighted by molar-refractivity contribution is -0.166. The SMILES string of the molecule is O=C1CC2(CCC2C(=O)O)C1. The van der Waals surface area contributed by atoms with Gasteiger partial charge in [-0.05, 0) is 18.3 Å². The number of Topliss-reactive ketones (excluding diaryl/α,β-unsaturated/α-hetero) is 1. The molecule has 1 spiro atoms. The molecule has 0 aromatic rings. The molecule has 60 valence electrons. The van der Waals surface area contributed by atoms with Crippen molar-refractivity contribution in [1.29, 1.82) is 0 Å². The molecular formula is C8H10O3. The molecule has 0 radical (unpaired) electrons. The van der Waals surface area contributed by atoms with Crippen molar-refractivity contribution in [3.05, 3.63) is 0 Å². The Labute approximate surface area is 64.4 Å². The summed E-state index contributed by atoms with van der Waals surface area (Å²) in [5, 5.41) is 8.71. The molecule has 2 rings (SSSR count). The van der Waals surface area contributed by atoms with Crippen LogP contribution in [0, 0.1) is 11.3 Å². The van der Waals surface area contributed by atoms with E-state index in [0.29, 0.717) is 12.8 Å². The molecule has 2 fully saturated rings. The predicted molar refractivity (Wildman–Crippen MR) is 37.0 cm³/mol. The van der Waals surface area contributed by atoms with Gasteiger partial charge in [-0.25, -0.2) is 0 Å². The lowest BCUT2D eigenvalue weighted by atomic mass is 9.49. The minimum Gasteiger partial charge on any atom is -0.481 e. The average Bonchev–Trinajstić information content (AvgIpc) is 1.76. The van der Waals surface area contributed by atoms with Gasteiger partial charge >= 0.3 is 5.97 Å². The van der Waals surface area contributed by atoms with Crippen LogP contribution in [0.3, 0.4) is 0 Å². The summed E-state index contributed by atoms with van der Waals surface area (Å²) in [6.45, 7) is 0. The van der Waals surface area contributed by atoms with Crippen molar-refractivity contribution < 1.29 is 14.7 Å². The van der Waals surface area contributed by atoms with Crippen molar-refractivity contribution in [2.75, 3.05) is 0 Å². The van der Waals surface area contributed by atoms with Gasteiger partial charge in [0.15, 0.2) is 0 Å². The highest BCUT2D eigenvalue weighted by molar-refractivity contribution is 5.89. The van der Waals surface area contributed by atoms with Crippen molar-refractivity contribution in [2.45, 2.75) is 25.7 Å². The Kier molecular flexibility index (Phi) is 1.14. The minimum atomic E-state index is -0.719. The van der Waals surface area contributed by atoms with Gasteiger partial charge in [-0.3, -0.25) is 9.59 Å². The van der Waals surface area contributed by atoms with Gasteiger partial charge in [-0.2, -0.15) is 0 Å². The van der Waals surface area contributed by atoms with Gasteiger partial charge < -0.3 is 5.11 Å². The number of ketones is 1. The lowest BCUT2D eigenvalue weighted by Crippen LogP contribution is -2.53. The number of rotatable bonds is 1. The number of carboxylic acid groups (broad SMARTS) is 1. The highest BCUT2D eigenvalue weighted by Gasteiger charge is 2.57.